The maximum Gasteiger partial charge on any atom is 0.269 e. The van der Waals surface area contributed by atoms with Crippen molar-refractivity contribution >= 4 is 22.9 Å². The van der Waals surface area contributed by atoms with Crippen LogP contribution in [0, 0.1) is 10.1 Å². The quantitative estimate of drug-likeness (QED) is 0.656. The van der Waals surface area contributed by atoms with Crippen molar-refractivity contribution < 1.29 is 9.72 Å². The molecule has 1 aromatic heterocycles. The van der Waals surface area contributed by atoms with Crippen LogP contribution in [0.1, 0.15) is 40.7 Å². The summed E-state index contributed by atoms with van der Waals surface area (Å²) < 4.78 is 0. The molecule has 0 spiro atoms. The van der Waals surface area contributed by atoms with Crippen LogP contribution in [0.2, 0.25) is 0 Å². The second kappa shape index (κ2) is 7.33. The lowest BCUT2D eigenvalue weighted by Gasteiger charge is -2.38. The minimum atomic E-state index is -0.473. The number of benzene rings is 1. The number of hydrogen-bond donors (Lipinski definition) is 1. The Morgan fingerprint density at radius 1 is 1.32 bits per heavy atom. The van der Waals surface area contributed by atoms with Gasteiger partial charge in [-0.2, -0.15) is 0 Å². The van der Waals surface area contributed by atoms with Crippen molar-refractivity contribution in [2.24, 2.45) is 0 Å². The Bertz CT molecular complexity index is 772. The lowest BCUT2D eigenvalue weighted by Crippen LogP contribution is -2.44. The summed E-state index contributed by atoms with van der Waals surface area (Å²) in [5.74, 6) is -0.205. The van der Waals surface area contributed by atoms with Gasteiger partial charge in [0, 0.05) is 47.7 Å². The Labute approximate surface area is 150 Å². The molecular formula is C18H21N3O3S. The van der Waals surface area contributed by atoms with Crippen LogP contribution >= 0.6 is 11.3 Å². The van der Waals surface area contributed by atoms with E-state index < -0.39 is 4.92 Å². The number of amides is 1. The first-order chi connectivity index (χ1) is 12.0. The van der Waals surface area contributed by atoms with Crippen LogP contribution in [0.15, 0.2) is 35.7 Å². The monoisotopic (exact) mass is 359 g/mol. The van der Waals surface area contributed by atoms with Crippen LogP contribution in [0.5, 0.6) is 0 Å². The van der Waals surface area contributed by atoms with Gasteiger partial charge in [-0.3, -0.25) is 19.8 Å². The highest BCUT2D eigenvalue weighted by Crippen LogP contribution is 2.35. The third-order valence-electron chi connectivity index (χ3n) is 4.73. The zero-order valence-electron chi connectivity index (χ0n) is 14.3. The van der Waals surface area contributed by atoms with Crippen molar-refractivity contribution in [3.63, 3.8) is 0 Å². The lowest BCUT2D eigenvalue weighted by atomic mass is 9.97. The maximum atomic E-state index is 12.2. The predicted molar refractivity (Wildman–Crippen MR) is 98.0 cm³/mol. The largest absolute Gasteiger partial charge is 0.351 e. The first-order valence-electron chi connectivity index (χ1n) is 8.32. The minimum Gasteiger partial charge on any atom is -0.351 e. The van der Waals surface area contributed by atoms with Crippen molar-refractivity contribution in [2.75, 3.05) is 13.1 Å². The van der Waals surface area contributed by atoms with Crippen LogP contribution in [-0.4, -0.2) is 34.9 Å². The van der Waals surface area contributed by atoms with Gasteiger partial charge in [-0.15, -0.1) is 11.3 Å². The van der Waals surface area contributed by atoms with Crippen molar-refractivity contribution in [3.8, 4) is 0 Å². The SMILES string of the molecule is C[C@@H]1Cc2ccsc2[C@H](C)N1CCNC(=O)c1ccc([N+](=O)[O-])cc1. The topological polar surface area (TPSA) is 75.5 Å². The molecular weight excluding hydrogens is 338 g/mol. The number of non-ortho nitro benzene ring substituents is 1. The van der Waals surface area contributed by atoms with Gasteiger partial charge in [-0.1, -0.05) is 0 Å². The van der Waals surface area contributed by atoms with Gasteiger partial charge in [-0.25, -0.2) is 0 Å². The van der Waals surface area contributed by atoms with E-state index in [1.54, 1.807) is 11.3 Å². The number of carbonyl (C=O) groups excluding carboxylic acids is 1. The van der Waals surface area contributed by atoms with Crippen LogP contribution in [0.3, 0.4) is 0 Å². The Balaban J connectivity index is 1.55. The smallest absolute Gasteiger partial charge is 0.269 e. The van der Waals surface area contributed by atoms with E-state index in [0.717, 1.165) is 13.0 Å². The highest BCUT2D eigenvalue weighted by atomic mass is 32.1. The predicted octanol–water partition coefficient (Wildman–Crippen LogP) is 3.39. The fourth-order valence-electron chi connectivity index (χ4n) is 3.40. The Kier molecular flexibility index (Phi) is 5.15. The molecule has 1 amide bonds. The van der Waals surface area contributed by atoms with Crippen molar-refractivity contribution in [3.05, 3.63) is 61.8 Å². The van der Waals surface area contributed by atoms with Crippen LogP contribution in [-0.2, 0) is 6.42 Å². The standard InChI is InChI=1S/C18H21N3O3S/c1-12-11-15-7-10-25-17(15)13(2)20(12)9-8-19-18(22)14-3-5-16(6-4-14)21(23)24/h3-7,10,12-13H,8-9,11H2,1-2H3,(H,19,22)/t12-,13+/m1/s1. The average Bonchev–Trinajstić information content (AvgIpc) is 3.06. The van der Waals surface area contributed by atoms with Crippen molar-refractivity contribution in [1.29, 1.82) is 0 Å². The number of hydrogen-bond acceptors (Lipinski definition) is 5. The summed E-state index contributed by atoms with van der Waals surface area (Å²) in [6, 6.07) is 8.67. The fourth-order valence-corrected chi connectivity index (χ4v) is 4.41. The third kappa shape index (κ3) is 3.72. The molecule has 0 saturated carbocycles. The molecule has 0 saturated heterocycles. The van der Waals surface area contributed by atoms with Gasteiger partial charge >= 0.3 is 0 Å². The molecule has 132 valence electrons. The second-order valence-corrected chi connectivity index (χ2v) is 7.28. The van der Waals surface area contributed by atoms with E-state index in [0.29, 0.717) is 24.2 Å². The van der Waals surface area contributed by atoms with E-state index >= 15 is 0 Å². The van der Waals surface area contributed by atoms with E-state index in [4.69, 9.17) is 0 Å². The number of nitro benzene ring substituents is 1. The van der Waals surface area contributed by atoms with Gasteiger partial charge < -0.3 is 5.32 Å². The summed E-state index contributed by atoms with van der Waals surface area (Å²) >= 11 is 1.80. The van der Waals surface area contributed by atoms with Crippen molar-refractivity contribution in [2.45, 2.75) is 32.4 Å². The van der Waals surface area contributed by atoms with E-state index in [9.17, 15) is 14.9 Å². The zero-order valence-corrected chi connectivity index (χ0v) is 15.1. The zero-order chi connectivity index (χ0) is 18.0. The summed E-state index contributed by atoms with van der Waals surface area (Å²) in [6.45, 7) is 5.75. The number of carbonyl (C=O) groups is 1. The Morgan fingerprint density at radius 3 is 2.72 bits per heavy atom. The van der Waals surface area contributed by atoms with Crippen LogP contribution < -0.4 is 5.32 Å². The van der Waals surface area contributed by atoms with E-state index in [-0.39, 0.29) is 11.6 Å². The molecule has 6 nitrogen and oxygen atoms in total. The number of nitrogens with one attached hydrogen (secondary N) is 1. The average molecular weight is 359 g/mol. The molecule has 2 aromatic rings. The normalized spacial score (nSPS) is 20.1. The summed E-state index contributed by atoms with van der Waals surface area (Å²) in [6.07, 6.45) is 1.04. The minimum absolute atomic E-state index is 0.0146. The summed E-state index contributed by atoms with van der Waals surface area (Å²) in [7, 11) is 0. The van der Waals surface area contributed by atoms with Gasteiger partial charge in [0.2, 0.25) is 0 Å². The van der Waals surface area contributed by atoms with Gasteiger partial charge in [0.15, 0.2) is 0 Å². The molecule has 3 rings (SSSR count). The van der Waals surface area contributed by atoms with Crippen LogP contribution in [0.4, 0.5) is 5.69 Å². The molecule has 0 fully saturated rings. The maximum absolute atomic E-state index is 12.2. The molecule has 7 heteroatoms. The Hall–Kier alpha value is -2.25. The van der Waals surface area contributed by atoms with E-state index in [1.165, 1.54) is 34.7 Å². The highest BCUT2D eigenvalue weighted by Gasteiger charge is 2.29. The number of rotatable bonds is 5. The highest BCUT2D eigenvalue weighted by molar-refractivity contribution is 7.10. The molecule has 0 unspecified atom stereocenters. The van der Waals surface area contributed by atoms with E-state index in [2.05, 4.69) is 35.5 Å². The van der Waals surface area contributed by atoms with Gasteiger partial charge in [-0.05, 0) is 49.4 Å². The molecule has 0 aliphatic carbocycles. The molecule has 0 radical (unpaired) electrons. The summed E-state index contributed by atoms with van der Waals surface area (Å²) in [4.78, 5) is 26.2. The van der Waals surface area contributed by atoms with Gasteiger partial charge in [0.1, 0.15) is 0 Å². The third-order valence-corrected chi connectivity index (χ3v) is 5.86. The number of thiophene rings is 1. The van der Waals surface area contributed by atoms with Gasteiger partial charge in [0.25, 0.3) is 11.6 Å². The second-order valence-electron chi connectivity index (χ2n) is 6.34. The number of fused-ring (bicyclic) bond motifs is 1. The molecule has 25 heavy (non-hydrogen) atoms. The Morgan fingerprint density at radius 2 is 2.04 bits per heavy atom. The summed E-state index contributed by atoms with van der Waals surface area (Å²) in [5, 5.41) is 15.7. The lowest BCUT2D eigenvalue weighted by molar-refractivity contribution is -0.384. The van der Waals surface area contributed by atoms with Crippen molar-refractivity contribution in [1.82, 2.24) is 10.2 Å². The summed E-state index contributed by atoms with van der Waals surface area (Å²) in [5.41, 5.74) is 1.86. The molecule has 1 aliphatic heterocycles. The first kappa shape index (κ1) is 17.6. The molecule has 0 bridgehead atoms. The number of nitro groups is 1. The molecule has 2 heterocycles. The first-order valence-corrected chi connectivity index (χ1v) is 9.20. The molecule has 1 N–H and O–H groups in total. The molecule has 2 atom stereocenters. The molecule has 1 aromatic carbocycles. The van der Waals surface area contributed by atoms with Gasteiger partial charge in [0.05, 0.1) is 4.92 Å². The molecule has 1 aliphatic rings. The fraction of sp³-hybridized carbons (Fsp3) is 0.389. The number of nitrogens with zero attached hydrogens (tertiary/aromatic N) is 2. The van der Waals surface area contributed by atoms with E-state index in [1.807, 2.05) is 0 Å². The van der Waals surface area contributed by atoms with Crippen LogP contribution in [0.25, 0.3) is 0 Å².